The highest BCUT2D eigenvalue weighted by Crippen LogP contribution is 2.29. The van der Waals surface area contributed by atoms with Gasteiger partial charge < -0.3 is 4.90 Å². The van der Waals surface area contributed by atoms with Crippen LogP contribution in [-0.2, 0) is 11.2 Å². The molecule has 1 aromatic carbocycles. The lowest BCUT2D eigenvalue weighted by atomic mass is 9.97. The molecule has 4 heteroatoms. The fourth-order valence-corrected chi connectivity index (χ4v) is 2.71. The van der Waals surface area contributed by atoms with Crippen molar-refractivity contribution in [3.8, 4) is 0 Å². The molecule has 1 heterocycles. The number of ketones is 1. The molecule has 102 valence electrons. The van der Waals surface area contributed by atoms with Gasteiger partial charge in [0.1, 0.15) is 0 Å². The summed E-state index contributed by atoms with van der Waals surface area (Å²) in [7, 11) is 0. The van der Waals surface area contributed by atoms with Crippen LogP contribution in [0.25, 0.3) is 0 Å². The Morgan fingerprint density at radius 3 is 2.74 bits per heavy atom. The van der Waals surface area contributed by atoms with Crippen molar-refractivity contribution in [1.82, 2.24) is 0 Å². The van der Waals surface area contributed by atoms with Gasteiger partial charge in [0.05, 0.1) is 5.33 Å². The first-order chi connectivity index (χ1) is 9.04. The highest BCUT2D eigenvalue weighted by atomic mass is 79.9. The average Bonchev–Trinajstić information content (AvgIpc) is 2.44. The molecule has 0 atom stereocenters. The Hall–Kier alpha value is -1.16. The van der Waals surface area contributed by atoms with E-state index in [9.17, 15) is 9.59 Å². The monoisotopic (exact) mass is 323 g/mol. The predicted octanol–water partition coefficient (Wildman–Crippen LogP) is 3.20. The molecule has 0 saturated heterocycles. The number of hydrogen-bond acceptors (Lipinski definition) is 2. The summed E-state index contributed by atoms with van der Waals surface area (Å²) in [5.74, 6) is 0.227. The van der Waals surface area contributed by atoms with Gasteiger partial charge in [-0.05, 0) is 36.6 Å². The molecule has 0 spiro atoms. The minimum Gasteiger partial charge on any atom is -0.312 e. The molecule has 1 aromatic rings. The van der Waals surface area contributed by atoms with Crippen molar-refractivity contribution < 1.29 is 9.59 Å². The summed E-state index contributed by atoms with van der Waals surface area (Å²) in [4.78, 5) is 25.7. The molecule has 19 heavy (non-hydrogen) atoms. The maximum atomic E-state index is 12.2. The number of carbonyl (C=O) groups excluding carboxylic acids is 2. The second-order valence-electron chi connectivity index (χ2n) is 5.15. The number of Topliss-reactive ketones (excluding diaryl/α,β-unsaturated/α-hetero) is 1. The number of alkyl halides is 1. The third kappa shape index (κ3) is 2.89. The van der Waals surface area contributed by atoms with Gasteiger partial charge in [0.2, 0.25) is 5.91 Å². The fourth-order valence-electron chi connectivity index (χ4n) is 2.39. The number of hydrogen-bond donors (Lipinski definition) is 0. The van der Waals surface area contributed by atoms with E-state index in [0.29, 0.717) is 5.33 Å². The number of fused-ring (bicyclic) bond motifs is 1. The zero-order valence-electron chi connectivity index (χ0n) is 11.3. The number of nitrogens with zero attached hydrogens (tertiary/aromatic N) is 1. The summed E-state index contributed by atoms with van der Waals surface area (Å²) in [5, 5.41) is 0.334. The minimum absolute atomic E-state index is 0.00481. The Morgan fingerprint density at radius 2 is 2.11 bits per heavy atom. The number of carbonyl (C=O) groups is 2. The largest absolute Gasteiger partial charge is 0.312 e. The maximum Gasteiger partial charge on any atom is 0.229 e. The van der Waals surface area contributed by atoms with Gasteiger partial charge in [-0.1, -0.05) is 29.8 Å². The lowest BCUT2D eigenvalue weighted by Crippen LogP contribution is -2.38. The topological polar surface area (TPSA) is 37.4 Å². The van der Waals surface area contributed by atoms with E-state index in [-0.39, 0.29) is 17.6 Å². The van der Waals surface area contributed by atoms with Crippen LogP contribution in [0.4, 0.5) is 5.69 Å². The summed E-state index contributed by atoms with van der Waals surface area (Å²) in [6, 6.07) is 5.65. The van der Waals surface area contributed by atoms with Crippen LogP contribution in [0.2, 0.25) is 0 Å². The molecule has 1 aliphatic heterocycles. The summed E-state index contributed by atoms with van der Waals surface area (Å²) < 4.78 is 0. The van der Waals surface area contributed by atoms with E-state index in [0.717, 1.165) is 36.2 Å². The molecule has 0 bridgehead atoms. The van der Waals surface area contributed by atoms with Crippen molar-refractivity contribution in [3.63, 3.8) is 0 Å². The van der Waals surface area contributed by atoms with Crippen molar-refractivity contribution in [2.75, 3.05) is 16.8 Å². The van der Waals surface area contributed by atoms with Crippen molar-refractivity contribution in [2.24, 2.45) is 5.92 Å². The van der Waals surface area contributed by atoms with Crippen molar-refractivity contribution >= 4 is 33.3 Å². The average molecular weight is 324 g/mol. The molecular weight excluding hydrogens is 306 g/mol. The highest BCUT2D eigenvalue weighted by molar-refractivity contribution is 9.09. The Labute approximate surface area is 122 Å². The van der Waals surface area contributed by atoms with E-state index < -0.39 is 0 Å². The standard InChI is InChI=1S/C15H18BrNO2/c1-10(2)15(19)17-7-3-4-11-8-12(14(18)9-16)5-6-13(11)17/h5-6,8,10H,3-4,7,9H2,1-2H3. The Kier molecular flexibility index (Phi) is 4.40. The summed E-state index contributed by atoms with van der Waals surface area (Å²) in [6.45, 7) is 4.61. The van der Waals surface area contributed by atoms with Gasteiger partial charge in [-0.15, -0.1) is 0 Å². The predicted molar refractivity (Wildman–Crippen MR) is 80.1 cm³/mol. The molecule has 0 N–H and O–H groups in total. The van der Waals surface area contributed by atoms with Gasteiger partial charge in [0, 0.05) is 23.7 Å². The quantitative estimate of drug-likeness (QED) is 0.632. The zero-order chi connectivity index (χ0) is 14.0. The van der Waals surface area contributed by atoms with Gasteiger partial charge in [0.25, 0.3) is 0 Å². The molecule has 0 unspecified atom stereocenters. The molecular formula is C15H18BrNO2. The summed E-state index contributed by atoms with van der Waals surface area (Å²) >= 11 is 3.19. The second-order valence-corrected chi connectivity index (χ2v) is 5.71. The van der Waals surface area contributed by atoms with Gasteiger partial charge >= 0.3 is 0 Å². The number of halogens is 1. The van der Waals surface area contributed by atoms with Crippen LogP contribution in [-0.4, -0.2) is 23.6 Å². The molecule has 1 amide bonds. The van der Waals surface area contributed by atoms with Crippen LogP contribution >= 0.6 is 15.9 Å². The Morgan fingerprint density at radius 1 is 1.37 bits per heavy atom. The zero-order valence-corrected chi connectivity index (χ0v) is 12.9. The molecule has 3 nitrogen and oxygen atoms in total. The second kappa shape index (κ2) is 5.87. The maximum absolute atomic E-state index is 12.2. The van der Waals surface area contributed by atoms with Crippen LogP contribution in [0.1, 0.15) is 36.2 Å². The molecule has 0 saturated carbocycles. The number of aryl methyl sites for hydroxylation is 1. The van der Waals surface area contributed by atoms with Crippen LogP contribution in [0, 0.1) is 5.92 Å². The third-order valence-electron chi connectivity index (χ3n) is 3.40. The van der Waals surface area contributed by atoms with E-state index in [1.54, 1.807) is 0 Å². The smallest absolute Gasteiger partial charge is 0.229 e. The molecule has 0 fully saturated rings. The number of anilines is 1. The molecule has 1 aliphatic rings. The van der Waals surface area contributed by atoms with E-state index in [2.05, 4.69) is 15.9 Å². The van der Waals surface area contributed by atoms with E-state index in [1.807, 2.05) is 36.9 Å². The van der Waals surface area contributed by atoms with Crippen LogP contribution in [0.5, 0.6) is 0 Å². The highest BCUT2D eigenvalue weighted by Gasteiger charge is 2.24. The third-order valence-corrected chi connectivity index (χ3v) is 3.91. The SMILES string of the molecule is CC(C)C(=O)N1CCCc2cc(C(=O)CBr)ccc21. The van der Waals surface area contributed by atoms with E-state index in [1.165, 1.54) is 0 Å². The first kappa shape index (κ1) is 14.3. The molecule has 0 aliphatic carbocycles. The molecule has 0 radical (unpaired) electrons. The van der Waals surface area contributed by atoms with Crippen LogP contribution in [0.15, 0.2) is 18.2 Å². The van der Waals surface area contributed by atoms with Crippen LogP contribution in [0.3, 0.4) is 0 Å². The van der Waals surface area contributed by atoms with E-state index >= 15 is 0 Å². The van der Waals surface area contributed by atoms with Gasteiger partial charge in [-0.3, -0.25) is 9.59 Å². The van der Waals surface area contributed by atoms with Crippen molar-refractivity contribution in [1.29, 1.82) is 0 Å². The number of benzene rings is 1. The lowest BCUT2D eigenvalue weighted by Gasteiger charge is -2.31. The first-order valence-electron chi connectivity index (χ1n) is 6.58. The van der Waals surface area contributed by atoms with E-state index in [4.69, 9.17) is 0 Å². The summed E-state index contributed by atoms with van der Waals surface area (Å²) in [6.07, 6.45) is 1.89. The van der Waals surface area contributed by atoms with Crippen molar-refractivity contribution in [3.05, 3.63) is 29.3 Å². The van der Waals surface area contributed by atoms with Gasteiger partial charge in [0.15, 0.2) is 5.78 Å². The Bertz CT molecular complexity index is 511. The lowest BCUT2D eigenvalue weighted by molar-refractivity contribution is -0.121. The summed E-state index contributed by atoms with van der Waals surface area (Å²) in [5.41, 5.74) is 2.79. The van der Waals surface area contributed by atoms with Crippen molar-refractivity contribution in [2.45, 2.75) is 26.7 Å². The number of rotatable bonds is 3. The molecule has 2 rings (SSSR count). The van der Waals surface area contributed by atoms with Gasteiger partial charge in [-0.25, -0.2) is 0 Å². The minimum atomic E-state index is -0.00481. The first-order valence-corrected chi connectivity index (χ1v) is 7.70. The van der Waals surface area contributed by atoms with Crippen LogP contribution < -0.4 is 4.90 Å². The van der Waals surface area contributed by atoms with Gasteiger partial charge in [-0.2, -0.15) is 0 Å². The normalized spacial score (nSPS) is 14.4. The molecule has 0 aromatic heterocycles. The Balaban J connectivity index is 2.36. The number of amides is 1. The fraction of sp³-hybridized carbons (Fsp3) is 0.467.